The Morgan fingerprint density at radius 1 is 1.20 bits per heavy atom. The van der Waals surface area contributed by atoms with Crippen LogP contribution in [0.15, 0.2) is 0 Å². The van der Waals surface area contributed by atoms with Crippen molar-refractivity contribution < 1.29 is 0 Å². The number of hydrogen-bond donors (Lipinski definition) is 2. The Morgan fingerprint density at radius 2 is 1.93 bits per heavy atom. The number of hydrogen-bond acceptors (Lipinski definition) is 2. The minimum Gasteiger partial charge on any atom is -0.271 e. The van der Waals surface area contributed by atoms with E-state index in [1.165, 1.54) is 64.2 Å². The number of rotatable bonds is 8. The van der Waals surface area contributed by atoms with Crippen molar-refractivity contribution in [3.8, 4) is 0 Å². The van der Waals surface area contributed by atoms with Crippen molar-refractivity contribution in [2.24, 2.45) is 11.8 Å². The smallest absolute Gasteiger partial charge is 0.0210 e. The van der Waals surface area contributed by atoms with Crippen LogP contribution in [-0.2, 0) is 0 Å². The third kappa shape index (κ3) is 5.53. The number of nitrogens with two attached hydrogens (primary N) is 1. The molecule has 1 unspecified atom stereocenters. The molecule has 15 heavy (non-hydrogen) atoms. The molecule has 0 aromatic rings. The van der Waals surface area contributed by atoms with Crippen molar-refractivity contribution in [1.82, 2.24) is 5.43 Å². The molecule has 90 valence electrons. The summed E-state index contributed by atoms with van der Waals surface area (Å²) in [7, 11) is 0. The molecule has 2 nitrogen and oxygen atoms in total. The summed E-state index contributed by atoms with van der Waals surface area (Å²) in [5, 5.41) is 0. The molecule has 1 atom stereocenters. The van der Waals surface area contributed by atoms with Gasteiger partial charge in [0.25, 0.3) is 0 Å². The van der Waals surface area contributed by atoms with Crippen molar-refractivity contribution >= 4 is 0 Å². The van der Waals surface area contributed by atoms with Gasteiger partial charge in [0.2, 0.25) is 0 Å². The molecule has 3 N–H and O–H groups in total. The van der Waals surface area contributed by atoms with Gasteiger partial charge in [0, 0.05) is 6.04 Å². The van der Waals surface area contributed by atoms with E-state index in [0.717, 1.165) is 5.92 Å². The maximum Gasteiger partial charge on any atom is 0.0210 e. The molecular formula is C13H28N2. The van der Waals surface area contributed by atoms with Crippen LogP contribution in [0.2, 0.25) is 0 Å². The van der Waals surface area contributed by atoms with Gasteiger partial charge in [0.15, 0.2) is 0 Å². The van der Waals surface area contributed by atoms with Gasteiger partial charge in [-0.2, -0.15) is 0 Å². The molecule has 0 aliphatic heterocycles. The second-order valence-electron chi connectivity index (χ2n) is 5.09. The van der Waals surface area contributed by atoms with Gasteiger partial charge in [-0.05, 0) is 25.2 Å². The molecule has 0 saturated heterocycles. The first-order valence-electron chi connectivity index (χ1n) is 6.83. The molecule has 1 aliphatic carbocycles. The Balaban J connectivity index is 2.04. The summed E-state index contributed by atoms with van der Waals surface area (Å²) in [6, 6.07) is 0.567. The highest BCUT2D eigenvalue weighted by atomic mass is 15.2. The molecule has 0 spiro atoms. The van der Waals surface area contributed by atoms with Gasteiger partial charge in [-0.25, -0.2) is 0 Å². The topological polar surface area (TPSA) is 38.0 Å². The Labute approximate surface area is 95.0 Å². The molecule has 2 heteroatoms. The van der Waals surface area contributed by atoms with Crippen LogP contribution in [0.1, 0.15) is 71.1 Å². The number of nitrogens with one attached hydrogen (secondary N) is 1. The maximum atomic E-state index is 5.59. The van der Waals surface area contributed by atoms with Crippen LogP contribution in [0.4, 0.5) is 0 Å². The lowest BCUT2D eigenvalue weighted by Gasteiger charge is -2.17. The van der Waals surface area contributed by atoms with E-state index >= 15 is 0 Å². The highest BCUT2D eigenvalue weighted by Crippen LogP contribution is 2.29. The molecule has 0 aromatic heterocycles. The lowest BCUT2D eigenvalue weighted by Crippen LogP contribution is -2.35. The first kappa shape index (κ1) is 13.0. The molecular weight excluding hydrogens is 184 g/mol. The monoisotopic (exact) mass is 212 g/mol. The maximum absolute atomic E-state index is 5.59. The Morgan fingerprint density at radius 3 is 2.53 bits per heavy atom. The SMILES string of the molecule is CCCCCC(CCC1CCCC1)NN. The first-order valence-corrected chi connectivity index (χ1v) is 6.83. The van der Waals surface area contributed by atoms with Gasteiger partial charge < -0.3 is 0 Å². The Bertz CT molecular complexity index is 141. The average Bonchev–Trinajstić information content (AvgIpc) is 2.76. The summed E-state index contributed by atoms with van der Waals surface area (Å²) in [5.41, 5.74) is 2.98. The van der Waals surface area contributed by atoms with E-state index in [1.54, 1.807) is 0 Å². The first-order chi connectivity index (χ1) is 7.36. The van der Waals surface area contributed by atoms with Crippen LogP contribution >= 0.6 is 0 Å². The summed E-state index contributed by atoms with van der Waals surface area (Å²) in [6.45, 7) is 2.25. The number of unbranched alkanes of at least 4 members (excludes halogenated alkanes) is 2. The molecule has 1 saturated carbocycles. The Hall–Kier alpha value is -0.0800. The minimum atomic E-state index is 0.567. The van der Waals surface area contributed by atoms with Gasteiger partial charge in [-0.15, -0.1) is 0 Å². The summed E-state index contributed by atoms with van der Waals surface area (Å²) in [6.07, 6.45) is 13.8. The van der Waals surface area contributed by atoms with Crippen LogP contribution < -0.4 is 11.3 Å². The van der Waals surface area contributed by atoms with Crippen molar-refractivity contribution in [1.29, 1.82) is 0 Å². The van der Waals surface area contributed by atoms with Crippen molar-refractivity contribution in [2.45, 2.75) is 77.2 Å². The Kier molecular flexibility index (Phi) is 7.03. The van der Waals surface area contributed by atoms with E-state index in [2.05, 4.69) is 12.3 Å². The molecule has 1 rings (SSSR count). The zero-order valence-corrected chi connectivity index (χ0v) is 10.3. The summed E-state index contributed by atoms with van der Waals surface area (Å²) in [5.74, 6) is 6.60. The van der Waals surface area contributed by atoms with Gasteiger partial charge in [-0.3, -0.25) is 11.3 Å². The zero-order chi connectivity index (χ0) is 10.9. The molecule has 1 aliphatic rings. The fraction of sp³-hybridized carbons (Fsp3) is 1.00. The minimum absolute atomic E-state index is 0.567. The highest BCUT2D eigenvalue weighted by Gasteiger charge is 2.16. The lowest BCUT2D eigenvalue weighted by molar-refractivity contribution is 0.385. The third-order valence-corrected chi connectivity index (χ3v) is 3.79. The van der Waals surface area contributed by atoms with Gasteiger partial charge in [0.1, 0.15) is 0 Å². The van der Waals surface area contributed by atoms with E-state index < -0.39 is 0 Å². The molecule has 0 heterocycles. The van der Waals surface area contributed by atoms with E-state index in [-0.39, 0.29) is 0 Å². The predicted octanol–water partition coefficient (Wildman–Crippen LogP) is 3.37. The summed E-state index contributed by atoms with van der Waals surface area (Å²) >= 11 is 0. The van der Waals surface area contributed by atoms with E-state index in [9.17, 15) is 0 Å². The summed E-state index contributed by atoms with van der Waals surface area (Å²) < 4.78 is 0. The van der Waals surface area contributed by atoms with E-state index in [0.29, 0.717) is 6.04 Å². The largest absolute Gasteiger partial charge is 0.271 e. The predicted molar refractivity (Wildman–Crippen MR) is 66.4 cm³/mol. The standard InChI is InChI=1S/C13H28N2/c1-2-3-4-9-13(15-14)11-10-12-7-5-6-8-12/h12-13,15H,2-11,14H2,1H3. The lowest BCUT2D eigenvalue weighted by atomic mass is 9.96. The molecule has 0 aromatic carbocycles. The van der Waals surface area contributed by atoms with Crippen molar-refractivity contribution in [2.75, 3.05) is 0 Å². The van der Waals surface area contributed by atoms with Crippen LogP contribution in [0.5, 0.6) is 0 Å². The van der Waals surface area contributed by atoms with Crippen LogP contribution in [0.3, 0.4) is 0 Å². The van der Waals surface area contributed by atoms with E-state index in [1.807, 2.05) is 0 Å². The fourth-order valence-electron chi connectivity index (χ4n) is 2.69. The highest BCUT2D eigenvalue weighted by molar-refractivity contribution is 4.71. The van der Waals surface area contributed by atoms with Gasteiger partial charge in [0.05, 0.1) is 0 Å². The zero-order valence-electron chi connectivity index (χ0n) is 10.3. The van der Waals surface area contributed by atoms with Crippen molar-refractivity contribution in [3.63, 3.8) is 0 Å². The van der Waals surface area contributed by atoms with Crippen LogP contribution in [0.25, 0.3) is 0 Å². The second-order valence-corrected chi connectivity index (χ2v) is 5.09. The average molecular weight is 212 g/mol. The molecule has 0 amide bonds. The summed E-state index contributed by atoms with van der Waals surface area (Å²) in [4.78, 5) is 0. The fourth-order valence-corrected chi connectivity index (χ4v) is 2.69. The normalized spacial score (nSPS) is 19.6. The van der Waals surface area contributed by atoms with Crippen LogP contribution in [0, 0.1) is 5.92 Å². The van der Waals surface area contributed by atoms with E-state index in [4.69, 9.17) is 5.84 Å². The van der Waals surface area contributed by atoms with Gasteiger partial charge >= 0.3 is 0 Å². The number of hydrazine groups is 1. The molecule has 0 bridgehead atoms. The second kappa shape index (κ2) is 8.12. The van der Waals surface area contributed by atoms with Crippen LogP contribution in [-0.4, -0.2) is 6.04 Å². The van der Waals surface area contributed by atoms with Gasteiger partial charge in [-0.1, -0.05) is 51.9 Å². The molecule has 1 fully saturated rings. The molecule has 0 radical (unpaired) electrons. The third-order valence-electron chi connectivity index (χ3n) is 3.79. The quantitative estimate of drug-likeness (QED) is 0.368. The van der Waals surface area contributed by atoms with Crippen molar-refractivity contribution in [3.05, 3.63) is 0 Å².